The van der Waals surface area contributed by atoms with Gasteiger partial charge in [-0.2, -0.15) is 0 Å². The smallest absolute Gasteiger partial charge is 0.277 e. The molecule has 0 saturated heterocycles. The fourth-order valence-electron chi connectivity index (χ4n) is 4.67. The number of ether oxygens (including phenoxy) is 4. The Labute approximate surface area is 295 Å². The van der Waals surface area contributed by atoms with E-state index in [1.807, 2.05) is 11.8 Å². The minimum Gasteiger partial charge on any atom is -0.382 e. The van der Waals surface area contributed by atoms with Crippen LogP contribution < -0.4 is 14.4 Å². The lowest BCUT2D eigenvalue weighted by Crippen LogP contribution is -2.45. The van der Waals surface area contributed by atoms with E-state index in [1.165, 1.54) is 27.0 Å². The molecule has 1 aromatic carbocycles. The number of benzene rings is 1. The highest BCUT2D eigenvalue weighted by Gasteiger charge is 2.23. The molecule has 0 aliphatic carbocycles. The molecule has 0 saturated carbocycles. The van der Waals surface area contributed by atoms with Crippen LogP contribution in [0.15, 0.2) is 52.5 Å². The highest BCUT2D eigenvalue weighted by Crippen LogP contribution is 2.45. The van der Waals surface area contributed by atoms with Gasteiger partial charge in [-0.3, -0.25) is 4.90 Å². The molecule has 44 heavy (non-hydrogen) atoms. The summed E-state index contributed by atoms with van der Waals surface area (Å²) in [6.45, 7) is 10.4. The summed E-state index contributed by atoms with van der Waals surface area (Å²) in [5, 5.41) is 1.24. The van der Waals surface area contributed by atoms with Crippen LogP contribution >= 0.6 is 49.0 Å². The van der Waals surface area contributed by atoms with Crippen molar-refractivity contribution < 1.29 is 28.0 Å². The zero-order valence-corrected chi connectivity index (χ0v) is 32.0. The molecule has 2 aromatic rings. The van der Waals surface area contributed by atoms with Crippen LogP contribution in [-0.2, 0) is 25.5 Å². The first kappa shape index (κ1) is 41.3. The van der Waals surface area contributed by atoms with Crippen LogP contribution in [-0.4, -0.2) is 106 Å². The number of quaternary nitrogens is 1. The van der Waals surface area contributed by atoms with Crippen LogP contribution in [0.1, 0.15) is 32.8 Å². The van der Waals surface area contributed by atoms with Gasteiger partial charge in [0.05, 0.1) is 104 Å². The van der Waals surface area contributed by atoms with Gasteiger partial charge in [-0.05, 0) is 36.3 Å². The lowest BCUT2D eigenvalue weighted by molar-refractivity contribution is -0.870. The predicted molar refractivity (Wildman–Crippen MR) is 204 cm³/mol. The zero-order chi connectivity index (χ0) is 31.5. The van der Waals surface area contributed by atoms with E-state index in [4.69, 9.17) is 18.9 Å². The summed E-state index contributed by atoms with van der Waals surface area (Å²) in [5.74, 6) is 1.25. The molecule has 0 bridgehead atoms. The molecule has 0 radical (unpaired) electrons. The number of nitrogens with zero attached hydrogens (tertiary/aromatic N) is 4. The van der Waals surface area contributed by atoms with Crippen molar-refractivity contribution in [3.05, 3.63) is 53.2 Å². The van der Waals surface area contributed by atoms with Crippen molar-refractivity contribution in [2.75, 3.05) is 111 Å². The number of pyridine rings is 1. The van der Waals surface area contributed by atoms with Crippen LogP contribution in [0.3, 0.4) is 0 Å². The summed E-state index contributed by atoms with van der Waals surface area (Å²) in [6.07, 6.45) is 6.77. The Bertz CT molecular complexity index is 1090. The van der Waals surface area contributed by atoms with Crippen molar-refractivity contribution in [1.82, 2.24) is 0 Å². The molecule has 8 nitrogen and oxygen atoms in total. The summed E-state index contributed by atoms with van der Waals surface area (Å²) < 4.78 is 25.3. The second-order valence-corrected chi connectivity index (χ2v) is 12.4. The lowest BCUT2D eigenvalue weighted by Gasteiger charge is -2.25. The first-order valence-electron chi connectivity index (χ1n) is 15.0. The highest BCUT2D eigenvalue weighted by atomic mass is 128. The van der Waals surface area contributed by atoms with E-state index >= 15 is 0 Å². The first-order chi connectivity index (χ1) is 20.8. The van der Waals surface area contributed by atoms with E-state index in [0.29, 0.717) is 46.2 Å². The maximum Gasteiger partial charge on any atom is 0.277 e. The molecule has 3 rings (SSSR count). The van der Waals surface area contributed by atoms with Crippen molar-refractivity contribution in [1.29, 1.82) is 0 Å². The predicted octanol–water partition coefficient (Wildman–Crippen LogP) is 6.93. The molecular formula is C33H56I2N4O4S+2. The Morgan fingerprint density at radius 2 is 1.57 bits per heavy atom. The summed E-state index contributed by atoms with van der Waals surface area (Å²) >= 11 is 6.07. The van der Waals surface area contributed by atoms with Gasteiger partial charge < -0.3 is 28.3 Å². The first-order valence-corrected chi connectivity index (χ1v) is 22.1. The summed E-state index contributed by atoms with van der Waals surface area (Å²) in [4.78, 5) is 6.14. The fourth-order valence-corrected chi connectivity index (χ4v) is 5.78. The second kappa shape index (κ2) is 23.6. The van der Waals surface area contributed by atoms with E-state index < -0.39 is 0 Å². The normalized spacial score (nSPS) is 13.4. The Morgan fingerprint density at radius 3 is 2.18 bits per heavy atom. The Balaban J connectivity index is 0.00000316. The molecule has 0 atom stereocenters. The Kier molecular flexibility index (Phi) is 22.2. The van der Waals surface area contributed by atoms with Gasteiger partial charge in [0.15, 0.2) is 0 Å². The summed E-state index contributed by atoms with van der Waals surface area (Å²) in [6, 6.07) is 13.2. The number of hydrogen-bond acceptors (Lipinski definition) is 7. The maximum atomic E-state index is 5.94. The van der Waals surface area contributed by atoms with Crippen molar-refractivity contribution in [3.8, 4) is 0 Å². The van der Waals surface area contributed by atoms with E-state index in [9.17, 15) is 0 Å². The third kappa shape index (κ3) is 15.3. The minimum atomic E-state index is 0. The molecule has 250 valence electrons. The number of rotatable bonds is 20. The fraction of sp³-hybridized carbons (Fsp3) is 0.606. The topological polar surface area (TPSA) is 47.3 Å². The standard InChI is InChI=1S/C32H52N4O4S.CH4.I2/c1-7-14-34(15-10-18-36(3,4)5)31-26-28(27-32-33(2)29-11-8-9-12-30(29)41-32)13-16-35(31)17-19-38-22-23-40-25-24-39-21-20-37-6;;1-2/h8-9,11-13,16,26-27H,7,10,14-15,17-25H2,1-6H3;1H4;/q+2;;. The van der Waals surface area contributed by atoms with Crippen molar-refractivity contribution in [3.63, 3.8) is 0 Å². The molecule has 1 aromatic heterocycles. The van der Waals surface area contributed by atoms with E-state index in [0.717, 1.165) is 43.5 Å². The third-order valence-electron chi connectivity index (χ3n) is 6.83. The summed E-state index contributed by atoms with van der Waals surface area (Å²) in [7, 11) is 10.6. The number of methoxy groups -OCH3 is 1. The average Bonchev–Trinajstić information content (AvgIpc) is 3.31. The SMILES string of the molecule is C.CCCN(CCC[N+](C)(C)C)c1cc(C=C2Sc3ccccc3N2C)cc[n+]1CCOCCOCCOCCOC.II. The van der Waals surface area contributed by atoms with Gasteiger partial charge in [0.1, 0.15) is 6.54 Å². The van der Waals surface area contributed by atoms with Crippen molar-refractivity contribution in [2.24, 2.45) is 0 Å². The zero-order valence-electron chi connectivity index (χ0n) is 26.9. The number of anilines is 2. The van der Waals surface area contributed by atoms with Gasteiger partial charge in [0, 0.05) is 68.8 Å². The summed E-state index contributed by atoms with van der Waals surface area (Å²) in [5.41, 5.74) is 2.48. The Hall–Kier alpha value is -0.680. The number of para-hydroxylation sites is 1. The molecule has 0 fully saturated rings. The van der Waals surface area contributed by atoms with Crippen LogP contribution in [0.4, 0.5) is 11.5 Å². The molecule has 1 aliphatic heterocycles. The number of fused-ring (bicyclic) bond motifs is 1. The largest absolute Gasteiger partial charge is 0.382 e. The van der Waals surface area contributed by atoms with Gasteiger partial charge >= 0.3 is 0 Å². The van der Waals surface area contributed by atoms with E-state index in [2.05, 4.69) is 135 Å². The third-order valence-corrected chi connectivity index (χ3v) is 7.99. The quantitative estimate of drug-likeness (QED) is 0.0620. The molecule has 2 heterocycles. The van der Waals surface area contributed by atoms with Crippen molar-refractivity contribution in [2.45, 2.75) is 38.6 Å². The molecule has 1 aliphatic rings. The molecule has 11 heteroatoms. The van der Waals surface area contributed by atoms with Crippen LogP contribution in [0, 0.1) is 0 Å². The molecule has 0 N–H and O–H groups in total. The molecule has 0 spiro atoms. The maximum absolute atomic E-state index is 5.94. The van der Waals surface area contributed by atoms with Gasteiger partial charge in [-0.1, -0.05) is 38.2 Å². The monoisotopic (exact) mass is 858 g/mol. The van der Waals surface area contributed by atoms with Gasteiger partial charge in [0.25, 0.3) is 5.82 Å². The van der Waals surface area contributed by atoms with Gasteiger partial charge in [0.2, 0.25) is 0 Å². The van der Waals surface area contributed by atoms with E-state index in [1.54, 1.807) is 7.11 Å². The van der Waals surface area contributed by atoms with E-state index in [-0.39, 0.29) is 7.43 Å². The van der Waals surface area contributed by atoms with Gasteiger partial charge in [-0.25, -0.2) is 4.57 Å². The highest BCUT2D eigenvalue weighted by molar-refractivity contribution is 15.0. The number of hydrogen-bond donors (Lipinski definition) is 0. The number of thioether (sulfide) groups is 1. The second-order valence-electron chi connectivity index (χ2n) is 11.3. The van der Waals surface area contributed by atoms with Crippen molar-refractivity contribution >= 4 is 66.6 Å². The lowest BCUT2D eigenvalue weighted by atomic mass is 10.2. The molecular weight excluding hydrogens is 802 g/mol. The van der Waals surface area contributed by atoms with Gasteiger partial charge in [-0.15, -0.1) is 0 Å². The Morgan fingerprint density at radius 1 is 0.932 bits per heavy atom. The van der Waals surface area contributed by atoms with Crippen LogP contribution in [0.25, 0.3) is 6.08 Å². The minimum absolute atomic E-state index is 0. The number of aromatic nitrogens is 1. The molecule has 0 unspecified atom stereocenters. The molecule has 0 amide bonds. The average molecular weight is 859 g/mol. The number of halogens is 2. The van der Waals surface area contributed by atoms with Crippen LogP contribution in [0.2, 0.25) is 0 Å². The van der Waals surface area contributed by atoms with Crippen LogP contribution in [0.5, 0.6) is 0 Å².